The first-order valence-corrected chi connectivity index (χ1v) is 31.8. The maximum atomic E-state index is 14.5. The van der Waals surface area contributed by atoms with Crippen LogP contribution in [-0.2, 0) is 174 Å². The van der Waals surface area contributed by atoms with E-state index in [0.717, 1.165) is 113 Å². The van der Waals surface area contributed by atoms with Crippen molar-refractivity contribution in [3.63, 3.8) is 0 Å². The van der Waals surface area contributed by atoms with Gasteiger partial charge in [-0.15, -0.1) is 10.2 Å². The Labute approximate surface area is 572 Å². The van der Waals surface area contributed by atoms with E-state index in [9.17, 15) is 62.3 Å². The highest BCUT2D eigenvalue weighted by atomic mass is 16.8. The standard InChI is InChI=1S/C62H85N7O31/c1-16-43-22-67(65-63-43)19-17-18-20-68-23-44(64-66-68)25-86-60-58(95-40(14)81)55(92-37(11)78)51(46(97-60)26-84-31(5)72)100-62-59(96-41(15)82)56(93-38(12)79)52(47(98-62)27-85-32(6)73)99-61-57(94-39(13)80)53(90-35(9)76)48(28(2)87-61)69(29(3)70)45-21-42(24-83-30(4)71)49(88-33(7)74)54(91-36(10)77)50(45)89-34(8)75/h21-23,28,45-62H,16-20,24-27H2,1-15H3/t28-,45+,46-,47-,48-,49-,50+,51-,52-,53+,54+,55+,56+,57-,58-,59-,60-,61-,62-/m1/s1. The number of carbonyl (C=O) groups excluding carboxylic acids is 13. The van der Waals surface area contributed by atoms with E-state index < -0.39 is 214 Å². The van der Waals surface area contributed by atoms with E-state index in [-0.39, 0.29) is 17.9 Å². The van der Waals surface area contributed by atoms with Crippen molar-refractivity contribution in [2.24, 2.45) is 0 Å². The van der Waals surface area contributed by atoms with Crippen molar-refractivity contribution in [2.75, 3.05) is 19.8 Å². The molecule has 2 aromatic rings. The first-order chi connectivity index (χ1) is 47.1. The number of amides is 1. The zero-order chi connectivity index (χ0) is 74.0. The van der Waals surface area contributed by atoms with E-state index in [0.29, 0.717) is 19.5 Å². The molecule has 6 rings (SSSR count). The van der Waals surface area contributed by atoms with Gasteiger partial charge < -0.3 is 90.2 Å². The van der Waals surface area contributed by atoms with Gasteiger partial charge in [0.05, 0.1) is 36.7 Å². The summed E-state index contributed by atoms with van der Waals surface area (Å²) in [6.07, 6.45) is -24.8. The van der Waals surface area contributed by atoms with Gasteiger partial charge in [-0.05, 0) is 26.2 Å². The highest BCUT2D eigenvalue weighted by molar-refractivity contribution is 5.76. The number of rotatable bonds is 30. The van der Waals surface area contributed by atoms with Crippen LogP contribution in [0.4, 0.5) is 0 Å². The first kappa shape index (κ1) is 79.9. The number of aryl methyl sites for hydroxylation is 3. The maximum absolute atomic E-state index is 14.5. The lowest BCUT2D eigenvalue weighted by Gasteiger charge is -2.53. The fraction of sp³-hybridized carbons (Fsp3) is 0.694. The molecule has 100 heavy (non-hydrogen) atoms. The lowest BCUT2D eigenvalue weighted by molar-refractivity contribution is -0.378. The molecule has 0 spiro atoms. The molecule has 4 aliphatic rings. The quantitative estimate of drug-likeness (QED) is 0.0430. The number of carbonyl (C=O) groups is 13. The van der Waals surface area contributed by atoms with Crippen LogP contribution >= 0.6 is 0 Å². The van der Waals surface area contributed by atoms with Crippen LogP contribution in [0.2, 0.25) is 0 Å². The van der Waals surface area contributed by atoms with Crippen molar-refractivity contribution >= 4 is 77.5 Å². The Bertz CT molecular complexity index is 3300. The SMILES string of the molecule is CCc1cn(CCCCn2cc(CO[C@@H]3O[C@H](COC(C)=O)[C@@H](O[C@H]4O[C@H](COC(C)=O)[C@@H](O[C@H]5O[C@H](C)[C@@H](N(C(C)=O)[C@H]6C=C(COC(C)=O)[C@@H](OC(C)=O)[C@H](OC(C)=O)[C@H]6OC(C)=O)[C@H](OC(C)=O)[C@H]5OC(C)=O)[C@H](OC(C)=O)[C@H]4OC(C)=O)[C@H](OC(C)=O)[C@H]3OC(C)=O)nn2)nn1. The summed E-state index contributed by atoms with van der Waals surface area (Å²) in [5, 5.41) is 16.6. The fourth-order valence-electron chi connectivity index (χ4n) is 11.7. The van der Waals surface area contributed by atoms with Gasteiger partial charge in [0.2, 0.25) is 5.91 Å². The average Bonchev–Trinajstić information content (AvgIpc) is 0.768. The molecule has 0 bridgehead atoms. The zero-order valence-corrected chi connectivity index (χ0v) is 57.9. The van der Waals surface area contributed by atoms with Gasteiger partial charge in [0.15, 0.2) is 73.8 Å². The van der Waals surface area contributed by atoms with Crippen LogP contribution in [0.15, 0.2) is 24.0 Å². The van der Waals surface area contributed by atoms with Crippen molar-refractivity contribution in [3.8, 4) is 0 Å². The molecule has 1 aliphatic carbocycles. The molecule has 38 heteroatoms. The van der Waals surface area contributed by atoms with Gasteiger partial charge in [0, 0.05) is 115 Å². The van der Waals surface area contributed by atoms with Gasteiger partial charge >= 0.3 is 71.6 Å². The normalized spacial score (nSPS) is 28.6. The Morgan fingerprint density at radius 3 is 1.26 bits per heavy atom. The van der Waals surface area contributed by atoms with Gasteiger partial charge in [-0.25, -0.2) is 0 Å². The van der Waals surface area contributed by atoms with Crippen LogP contribution in [0.5, 0.6) is 0 Å². The molecule has 3 saturated heterocycles. The van der Waals surface area contributed by atoms with E-state index in [4.69, 9.17) is 85.3 Å². The molecular weight excluding hydrogens is 1340 g/mol. The van der Waals surface area contributed by atoms with E-state index >= 15 is 0 Å². The molecule has 0 saturated carbocycles. The summed E-state index contributed by atoms with van der Waals surface area (Å²) in [5.41, 5.74) is 1.01. The van der Waals surface area contributed by atoms with Crippen LogP contribution < -0.4 is 0 Å². The Hall–Kier alpha value is -9.11. The number of ether oxygens (including phenoxy) is 18. The molecule has 0 N–H and O–H groups in total. The number of esters is 12. The topological polar surface area (TPSA) is 453 Å². The van der Waals surface area contributed by atoms with Crippen LogP contribution in [0.1, 0.15) is 128 Å². The molecule has 3 fully saturated rings. The molecule has 5 heterocycles. The number of hydrogen-bond acceptors (Lipinski definition) is 35. The van der Waals surface area contributed by atoms with E-state index in [1.807, 2.05) is 13.1 Å². The Balaban J connectivity index is 1.42. The predicted molar refractivity (Wildman–Crippen MR) is 323 cm³/mol. The monoisotopic (exact) mass is 1420 g/mol. The summed E-state index contributed by atoms with van der Waals surface area (Å²) in [6.45, 7) is 14.6. The number of unbranched alkanes of at least 4 members (excludes halogenated alkanes) is 1. The molecule has 3 aliphatic heterocycles. The van der Waals surface area contributed by atoms with Crippen LogP contribution in [0.3, 0.4) is 0 Å². The largest absolute Gasteiger partial charge is 0.463 e. The third-order valence-corrected chi connectivity index (χ3v) is 15.2. The molecule has 38 nitrogen and oxygen atoms in total. The Kier molecular flexibility index (Phi) is 29.4. The zero-order valence-electron chi connectivity index (χ0n) is 57.9. The van der Waals surface area contributed by atoms with Crippen molar-refractivity contribution in [1.82, 2.24) is 34.9 Å². The van der Waals surface area contributed by atoms with Crippen LogP contribution in [-0.4, -0.2) is 249 Å². The van der Waals surface area contributed by atoms with Crippen molar-refractivity contribution < 1.29 is 148 Å². The molecule has 0 aromatic carbocycles. The summed E-state index contributed by atoms with van der Waals surface area (Å²) in [5.74, 6) is -12.9. The molecular formula is C62H85N7O31. The second kappa shape index (κ2) is 36.8. The average molecular weight is 1420 g/mol. The molecule has 0 unspecified atom stereocenters. The minimum Gasteiger partial charge on any atom is -0.463 e. The minimum absolute atomic E-state index is 0.109. The summed E-state index contributed by atoms with van der Waals surface area (Å²) >= 11 is 0. The fourth-order valence-corrected chi connectivity index (χ4v) is 11.7. The van der Waals surface area contributed by atoms with Gasteiger partial charge in [0.1, 0.15) is 49.9 Å². The number of nitrogens with zero attached hydrogens (tertiary/aromatic N) is 7. The van der Waals surface area contributed by atoms with Gasteiger partial charge in [0.25, 0.3) is 0 Å². The highest BCUT2D eigenvalue weighted by Gasteiger charge is 2.61. The van der Waals surface area contributed by atoms with E-state index in [1.54, 1.807) is 15.6 Å². The van der Waals surface area contributed by atoms with Crippen molar-refractivity contribution in [1.29, 1.82) is 0 Å². The third-order valence-electron chi connectivity index (χ3n) is 15.2. The second-order valence-corrected chi connectivity index (χ2v) is 23.5. The Morgan fingerprint density at radius 1 is 0.430 bits per heavy atom. The van der Waals surface area contributed by atoms with Crippen molar-refractivity contribution in [2.45, 2.75) is 259 Å². The summed E-state index contributed by atoms with van der Waals surface area (Å²) in [6, 6.07) is -3.38. The smallest absolute Gasteiger partial charge is 0.303 e. The minimum atomic E-state index is -2.12. The predicted octanol–water partition coefficient (Wildman–Crippen LogP) is -0.00570. The molecule has 554 valence electrons. The molecule has 0 radical (unpaired) electrons. The van der Waals surface area contributed by atoms with Gasteiger partial charge in [-0.3, -0.25) is 71.7 Å². The highest BCUT2D eigenvalue weighted by Crippen LogP contribution is 2.41. The molecule has 19 atom stereocenters. The molecule has 2 aromatic heterocycles. The summed E-state index contributed by atoms with van der Waals surface area (Å²) in [7, 11) is 0. The van der Waals surface area contributed by atoms with Gasteiger partial charge in [-0.1, -0.05) is 23.4 Å². The molecule has 1 amide bonds. The second-order valence-electron chi connectivity index (χ2n) is 23.5. The third kappa shape index (κ3) is 22.7. The van der Waals surface area contributed by atoms with Crippen molar-refractivity contribution in [3.05, 3.63) is 35.4 Å². The maximum Gasteiger partial charge on any atom is 0.303 e. The first-order valence-electron chi connectivity index (χ1n) is 31.8. The van der Waals surface area contributed by atoms with Crippen LogP contribution in [0, 0.1) is 0 Å². The lowest BCUT2D eigenvalue weighted by Crippen LogP contribution is -2.71. The van der Waals surface area contributed by atoms with E-state index in [1.165, 1.54) is 13.0 Å². The Morgan fingerprint density at radius 2 is 0.820 bits per heavy atom. The summed E-state index contributed by atoms with van der Waals surface area (Å²) < 4.78 is 111. The van der Waals surface area contributed by atoms with Crippen LogP contribution in [0.25, 0.3) is 0 Å². The lowest BCUT2D eigenvalue weighted by atomic mass is 9.84. The summed E-state index contributed by atoms with van der Waals surface area (Å²) in [4.78, 5) is 172. The number of hydrogen-bond donors (Lipinski definition) is 0. The number of aromatic nitrogens is 6. The van der Waals surface area contributed by atoms with Gasteiger partial charge in [-0.2, -0.15) is 0 Å². The van der Waals surface area contributed by atoms with E-state index in [2.05, 4.69) is 20.6 Å².